The summed E-state index contributed by atoms with van der Waals surface area (Å²) in [5.74, 6) is 1.06. The van der Waals surface area contributed by atoms with E-state index in [9.17, 15) is 4.39 Å². The van der Waals surface area contributed by atoms with E-state index in [0.717, 1.165) is 32.7 Å². The summed E-state index contributed by atoms with van der Waals surface area (Å²) < 4.78 is 21.6. The van der Waals surface area contributed by atoms with Crippen LogP contribution in [0.15, 0.2) is 86.3 Å². The van der Waals surface area contributed by atoms with Crippen LogP contribution in [0.2, 0.25) is 0 Å². The van der Waals surface area contributed by atoms with Gasteiger partial charge in [-0.3, -0.25) is 4.98 Å². The number of rotatable bonds is 4. The number of hydrogen-bond donors (Lipinski definition) is 1. The zero-order chi connectivity index (χ0) is 23.1. The summed E-state index contributed by atoms with van der Waals surface area (Å²) in [6.45, 7) is 2.04. The highest BCUT2D eigenvalue weighted by Gasteiger charge is 2.42. The Bertz CT molecular complexity index is 1340. The molecule has 2 aromatic carbocycles. The van der Waals surface area contributed by atoms with Crippen molar-refractivity contribution in [2.45, 2.75) is 19.0 Å². The zero-order valence-corrected chi connectivity index (χ0v) is 21.4. The average Bonchev–Trinajstić information content (AvgIpc) is 3.41. The Morgan fingerprint density at radius 1 is 1.03 bits per heavy atom. The summed E-state index contributed by atoms with van der Waals surface area (Å²) in [5.41, 5.74) is 3.70. The average molecular weight is 587 g/mol. The SMILES string of the molecule is Cc1cc(N2C(=S)NC(c3ccccn3)C2c2ccc(-c3ccc(F)cc3Br)o2)ccc1Br. The van der Waals surface area contributed by atoms with Crippen LogP contribution in [-0.4, -0.2) is 10.1 Å². The minimum atomic E-state index is -0.310. The van der Waals surface area contributed by atoms with Gasteiger partial charge in [-0.15, -0.1) is 0 Å². The lowest BCUT2D eigenvalue weighted by Crippen LogP contribution is -2.29. The molecule has 0 radical (unpaired) electrons. The van der Waals surface area contributed by atoms with Gasteiger partial charge in [0.15, 0.2) is 5.11 Å². The number of benzene rings is 2. The van der Waals surface area contributed by atoms with Crippen LogP contribution in [0.25, 0.3) is 11.3 Å². The molecular formula is C25H18Br2FN3OS. The standard InChI is InChI=1S/C25H18Br2FN3OS/c1-14-12-16(6-8-18(14)26)31-24(23(30-25(31)33)20-4-2-3-11-29-20)22-10-9-21(32-22)17-7-5-15(28)13-19(17)27/h2-13,23-24H,1H3,(H,30,33). The fourth-order valence-electron chi connectivity index (χ4n) is 4.05. The second kappa shape index (κ2) is 9.00. The highest BCUT2D eigenvalue weighted by molar-refractivity contribution is 9.10. The van der Waals surface area contributed by atoms with E-state index in [1.807, 2.05) is 49.4 Å². The van der Waals surface area contributed by atoms with Crippen LogP contribution in [0.3, 0.4) is 0 Å². The highest BCUT2D eigenvalue weighted by Crippen LogP contribution is 2.44. The molecule has 1 aliphatic heterocycles. The number of thiocarbonyl (C=S) groups is 1. The van der Waals surface area contributed by atoms with Crippen molar-refractivity contribution in [2.75, 3.05) is 4.90 Å². The van der Waals surface area contributed by atoms with Gasteiger partial charge in [-0.1, -0.05) is 22.0 Å². The van der Waals surface area contributed by atoms with Gasteiger partial charge >= 0.3 is 0 Å². The Morgan fingerprint density at radius 3 is 2.61 bits per heavy atom. The molecule has 4 nitrogen and oxygen atoms in total. The van der Waals surface area contributed by atoms with E-state index in [1.165, 1.54) is 12.1 Å². The fourth-order valence-corrected chi connectivity index (χ4v) is 5.19. The number of hydrogen-bond acceptors (Lipinski definition) is 3. The molecule has 2 aromatic heterocycles. The van der Waals surface area contributed by atoms with Crippen LogP contribution < -0.4 is 10.2 Å². The molecule has 3 heterocycles. The van der Waals surface area contributed by atoms with E-state index < -0.39 is 0 Å². The van der Waals surface area contributed by atoms with Crippen LogP contribution >= 0.6 is 44.1 Å². The molecule has 0 amide bonds. The predicted octanol–water partition coefficient (Wildman–Crippen LogP) is 7.49. The molecule has 0 saturated carbocycles. The number of nitrogens with one attached hydrogen (secondary N) is 1. The van der Waals surface area contributed by atoms with E-state index in [2.05, 4.69) is 53.1 Å². The second-order valence-electron chi connectivity index (χ2n) is 7.76. The van der Waals surface area contributed by atoms with Gasteiger partial charge in [0.2, 0.25) is 0 Å². The highest BCUT2D eigenvalue weighted by atomic mass is 79.9. The Hall–Kier alpha value is -2.55. The largest absolute Gasteiger partial charge is 0.459 e. The molecule has 1 N–H and O–H groups in total. The molecule has 33 heavy (non-hydrogen) atoms. The third-order valence-electron chi connectivity index (χ3n) is 5.63. The smallest absolute Gasteiger partial charge is 0.174 e. The molecule has 1 fully saturated rings. The molecule has 2 atom stereocenters. The normalized spacial score (nSPS) is 17.9. The van der Waals surface area contributed by atoms with Crippen molar-refractivity contribution in [1.82, 2.24) is 10.3 Å². The second-order valence-corrected chi connectivity index (χ2v) is 9.85. The maximum atomic E-state index is 13.6. The number of aryl methyl sites for hydroxylation is 1. The first-order valence-corrected chi connectivity index (χ1v) is 12.2. The van der Waals surface area contributed by atoms with E-state index in [-0.39, 0.29) is 17.9 Å². The molecular weight excluding hydrogens is 569 g/mol. The van der Waals surface area contributed by atoms with Gasteiger partial charge in [-0.25, -0.2) is 4.39 Å². The first kappa shape index (κ1) is 22.3. The molecule has 4 aromatic rings. The molecule has 1 saturated heterocycles. The number of anilines is 1. The third kappa shape index (κ3) is 4.23. The summed E-state index contributed by atoms with van der Waals surface area (Å²) in [4.78, 5) is 6.64. The summed E-state index contributed by atoms with van der Waals surface area (Å²) in [7, 11) is 0. The molecule has 5 rings (SSSR count). The predicted molar refractivity (Wildman–Crippen MR) is 139 cm³/mol. The van der Waals surface area contributed by atoms with Gasteiger partial charge in [-0.05, 0) is 101 Å². The maximum Gasteiger partial charge on any atom is 0.174 e. The third-order valence-corrected chi connectivity index (χ3v) is 7.49. The van der Waals surface area contributed by atoms with E-state index in [1.54, 1.807) is 12.3 Å². The molecule has 2 unspecified atom stereocenters. The molecule has 166 valence electrons. The van der Waals surface area contributed by atoms with E-state index in [0.29, 0.717) is 15.3 Å². The lowest BCUT2D eigenvalue weighted by atomic mass is 10.0. The minimum Gasteiger partial charge on any atom is -0.459 e. The fraction of sp³-hybridized carbons (Fsp3) is 0.120. The first-order chi connectivity index (χ1) is 15.9. The molecule has 0 aliphatic carbocycles. The number of aromatic nitrogens is 1. The lowest BCUT2D eigenvalue weighted by Gasteiger charge is -2.26. The lowest BCUT2D eigenvalue weighted by molar-refractivity contribution is 0.439. The van der Waals surface area contributed by atoms with Crippen molar-refractivity contribution in [1.29, 1.82) is 0 Å². The van der Waals surface area contributed by atoms with Gasteiger partial charge in [0, 0.05) is 26.4 Å². The quantitative estimate of drug-likeness (QED) is 0.251. The number of nitrogens with zero attached hydrogens (tertiary/aromatic N) is 2. The van der Waals surface area contributed by atoms with Gasteiger partial charge in [-0.2, -0.15) is 0 Å². The Kier molecular flexibility index (Phi) is 6.07. The van der Waals surface area contributed by atoms with Crippen LogP contribution in [0.5, 0.6) is 0 Å². The van der Waals surface area contributed by atoms with Crippen LogP contribution in [0, 0.1) is 12.7 Å². The summed E-state index contributed by atoms with van der Waals surface area (Å²) >= 11 is 12.8. The topological polar surface area (TPSA) is 41.3 Å². The van der Waals surface area contributed by atoms with Crippen LogP contribution in [-0.2, 0) is 0 Å². The van der Waals surface area contributed by atoms with Crippen molar-refractivity contribution in [2.24, 2.45) is 0 Å². The van der Waals surface area contributed by atoms with Crippen molar-refractivity contribution in [3.8, 4) is 11.3 Å². The maximum absolute atomic E-state index is 13.6. The van der Waals surface area contributed by atoms with Crippen LogP contribution in [0.1, 0.15) is 29.1 Å². The van der Waals surface area contributed by atoms with Crippen molar-refractivity contribution < 1.29 is 8.81 Å². The summed E-state index contributed by atoms with van der Waals surface area (Å²) in [6, 6.07) is 19.9. The first-order valence-electron chi connectivity index (χ1n) is 10.2. The minimum absolute atomic E-state index is 0.210. The van der Waals surface area contributed by atoms with Crippen molar-refractivity contribution in [3.05, 3.63) is 105 Å². The summed E-state index contributed by atoms with van der Waals surface area (Å²) in [5, 5.41) is 4.03. The van der Waals surface area contributed by atoms with E-state index >= 15 is 0 Å². The van der Waals surface area contributed by atoms with Gasteiger partial charge in [0.05, 0.1) is 11.7 Å². The Balaban J connectivity index is 1.61. The Labute approximate surface area is 213 Å². The van der Waals surface area contributed by atoms with Gasteiger partial charge < -0.3 is 14.6 Å². The number of pyridine rings is 1. The number of halogens is 3. The monoisotopic (exact) mass is 585 g/mol. The van der Waals surface area contributed by atoms with E-state index in [4.69, 9.17) is 16.6 Å². The molecule has 1 aliphatic rings. The molecule has 8 heteroatoms. The summed E-state index contributed by atoms with van der Waals surface area (Å²) in [6.07, 6.45) is 1.77. The van der Waals surface area contributed by atoms with Gasteiger partial charge in [0.1, 0.15) is 23.4 Å². The number of furan rings is 1. The van der Waals surface area contributed by atoms with Crippen LogP contribution in [0.4, 0.5) is 10.1 Å². The Morgan fingerprint density at radius 2 is 1.88 bits per heavy atom. The molecule has 0 bridgehead atoms. The molecule has 0 spiro atoms. The zero-order valence-electron chi connectivity index (χ0n) is 17.4. The van der Waals surface area contributed by atoms with Crippen molar-refractivity contribution in [3.63, 3.8) is 0 Å². The van der Waals surface area contributed by atoms with Crippen molar-refractivity contribution >= 4 is 54.9 Å². The van der Waals surface area contributed by atoms with Gasteiger partial charge in [0.25, 0.3) is 0 Å².